The Bertz CT molecular complexity index is 159. The van der Waals surface area contributed by atoms with Gasteiger partial charge in [0.25, 0.3) is 0 Å². The van der Waals surface area contributed by atoms with Crippen molar-refractivity contribution >= 4 is 0 Å². The van der Waals surface area contributed by atoms with Crippen LogP contribution >= 0.6 is 0 Å². The molecule has 0 aliphatic carbocycles. The van der Waals surface area contributed by atoms with E-state index in [0.29, 0.717) is 6.54 Å². The first-order valence-electron chi connectivity index (χ1n) is 2.81. The molecule has 0 saturated heterocycles. The second kappa shape index (κ2) is 2.59. The van der Waals surface area contributed by atoms with Gasteiger partial charge in [-0.3, -0.25) is 0 Å². The summed E-state index contributed by atoms with van der Waals surface area (Å²) in [5.74, 6) is 0. The number of aliphatic hydroxyl groups is 1. The highest BCUT2D eigenvalue weighted by molar-refractivity contribution is 4.64. The summed E-state index contributed by atoms with van der Waals surface area (Å²) in [4.78, 5) is 0. The van der Waals surface area contributed by atoms with Crippen molar-refractivity contribution in [3.63, 3.8) is 0 Å². The maximum atomic E-state index is 8.84. The molecule has 0 amide bonds. The van der Waals surface area contributed by atoms with E-state index >= 15 is 0 Å². The monoisotopic (exact) mass is 127 g/mol. The average molecular weight is 127 g/mol. The summed E-state index contributed by atoms with van der Waals surface area (Å²) < 4.78 is 1.59. The largest absolute Gasteiger partial charge is 0.391 e. The number of hydrogen-bond donors (Lipinski definition) is 1. The van der Waals surface area contributed by atoms with Crippen LogP contribution in [0.2, 0.25) is 0 Å². The first kappa shape index (κ1) is 6.22. The Kier molecular flexibility index (Phi) is 1.79. The van der Waals surface area contributed by atoms with Crippen LogP contribution in [-0.2, 0) is 6.54 Å². The Morgan fingerprint density at radius 1 is 1.78 bits per heavy atom. The minimum Gasteiger partial charge on any atom is -0.391 e. The molecule has 0 aliphatic rings. The summed E-state index contributed by atoms with van der Waals surface area (Å²) in [7, 11) is 0. The van der Waals surface area contributed by atoms with Crippen LogP contribution in [-0.4, -0.2) is 26.2 Å². The zero-order valence-corrected chi connectivity index (χ0v) is 5.23. The quantitative estimate of drug-likeness (QED) is 0.591. The van der Waals surface area contributed by atoms with E-state index in [-0.39, 0.29) is 6.10 Å². The molecule has 4 heteroatoms. The van der Waals surface area contributed by atoms with E-state index in [1.54, 1.807) is 24.0 Å². The number of nitrogens with zero attached hydrogens (tertiary/aromatic N) is 3. The molecule has 0 unspecified atom stereocenters. The van der Waals surface area contributed by atoms with Gasteiger partial charge in [0.2, 0.25) is 0 Å². The average Bonchev–Trinajstić information content (AvgIpc) is 2.15. The summed E-state index contributed by atoms with van der Waals surface area (Å²) in [5, 5.41) is 16.1. The van der Waals surface area contributed by atoms with E-state index in [1.165, 1.54) is 0 Å². The van der Waals surface area contributed by atoms with Crippen molar-refractivity contribution in [3.8, 4) is 0 Å². The van der Waals surface area contributed by atoms with Crippen molar-refractivity contribution in [2.45, 2.75) is 19.6 Å². The fraction of sp³-hybridized carbons (Fsp3) is 0.600. The molecule has 0 spiro atoms. The lowest BCUT2D eigenvalue weighted by Gasteiger charge is -2.00. The second-order valence-corrected chi connectivity index (χ2v) is 1.97. The van der Waals surface area contributed by atoms with Gasteiger partial charge in [-0.25, -0.2) is 4.68 Å². The lowest BCUT2D eigenvalue weighted by Crippen LogP contribution is -2.11. The molecule has 1 aromatic rings. The molecule has 0 aromatic carbocycles. The van der Waals surface area contributed by atoms with Gasteiger partial charge >= 0.3 is 0 Å². The maximum absolute atomic E-state index is 8.84. The van der Waals surface area contributed by atoms with E-state index in [2.05, 4.69) is 10.3 Å². The molecule has 1 heterocycles. The summed E-state index contributed by atoms with van der Waals surface area (Å²) in [6.07, 6.45) is 2.95. The Hall–Kier alpha value is -0.900. The summed E-state index contributed by atoms with van der Waals surface area (Å²) >= 11 is 0. The standard InChI is InChI=1S/C5H9N3O/c1-5(9)4-8-3-2-6-7-8/h2-3,5,9H,4H2,1H3/t5-/m1/s1. The van der Waals surface area contributed by atoms with Gasteiger partial charge < -0.3 is 5.11 Å². The van der Waals surface area contributed by atoms with E-state index in [1.807, 2.05) is 0 Å². The molecule has 0 aliphatic heterocycles. The third-order valence-corrected chi connectivity index (χ3v) is 0.923. The normalized spacial score (nSPS) is 13.6. The Morgan fingerprint density at radius 2 is 2.56 bits per heavy atom. The molecule has 1 rings (SSSR count). The molecule has 50 valence electrons. The number of aromatic nitrogens is 3. The van der Waals surface area contributed by atoms with E-state index in [0.717, 1.165) is 0 Å². The topological polar surface area (TPSA) is 50.9 Å². The molecule has 1 aromatic heterocycles. The van der Waals surface area contributed by atoms with Gasteiger partial charge in [-0.15, -0.1) is 5.10 Å². The van der Waals surface area contributed by atoms with E-state index < -0.39 is 0 Å². The van der Waals surface area contributed by atoms with Gasteiger partial charge in [-0.2, -0.15) is 0 Å². The zero-order chi connectivity index (χ0) is 6.69. The summed E-state index contributed by atoms with van der Waals surface area (Å²) in [5.41, 5.74) is 0. The number of hydrogen-bond acceptors (Lipinski definition) is 3. The van der Waals surface area contributed by atoms with Crippen LogP contribution in [0.4, 0.5) is 0 Å². The fourth-order valence-electron chi connectivity index (χ4n) is 0.601. The Balaban J connectivity index is 2.48. The second-order valence-electron chi connectivity index (χ2n) is 1.97. The highest BCUT2D eigenvalue weighted by atomic mass is 16.3. The molecule has 0 radical (unpaired) electrons. The fourth-order valence-corrected chi connectivity index (χ4v) is 0.601. The van der Waals surface area contributed by atoms with Crippen molar-refractivity contribution < 1.29 is 5.11 Å². The molecule has 0 fully saturated rings. The van der Waals surface area contributed by atoms with Crippen LogP contribution in [0, 0.1) is 0 Å². The van der Waals surface area contributed by atoms with Gasteiger partial charge in [0.1, 0.15) is 0 Å². The zero-order valence-electron chi connectivity index (χ0n) is 5.23. The molecule has 1 N–H and O–H groups in total. The third kappa shape index (κ3) is 1.81. The van der Waals surface area contributed by atoms with E-state index in [9.17, 15) is 0 Å². The smallest absolute Gasteiger partial charge is 0.0708 e. The SMILES string of the molecule is C[C@@H](O)Cn1ccnn1. The molecule has 4 nitrogen and oxygen atoms in total. The minimum atomic E-state index is -0.355. The first-order chi connectivity index (χ1) is 4.29. The lowest BCUT2D eigenvalue weighted by molar-refractivity contribution is 0.167. The van der Waals surface area contributed by atoms with Crippen molar-refractivity contribution in [2.75, 3.05) is 0 Å². The Morgan fingerprint density at radius 3 is 3.00 bits per heavy atom. The molecule has 1 atom stereocenters. The predicted molar refractivity (Wildman–Crippen MR) is 31.7 cm³/mol. The van der Waals surface area contributed by atoms with Crippen LogP contribution in [0.15, 0.2) is 12.4 Å². The molecule has 0 bridgehead atoms. The number of aliphatic hydroxyl groups excluding tert-OH is 1. The van der Waals surface area contributed by atoms with Crippen LogP contribution in [0.3, 0.4) is 0 Å². The van der Waals surface area contributed by atoms with Crippen molar-refractivity contribution in [1.29, 1.82) is 0 Å². The van der Waals surface area contributed by atoms with Gasteiger partial charge in [0.05, 0.1) is 18.8 Å². The number of rotatable bonds is 2. The summed E-state index contributed by atoms with van der Waals surface area (Å²) in [6, 6.07) is 0. The van der Waals surface area contributed by atoms with E-state index in [4.69, 9.17) is 5.11 Å². The van der Waals surface area contributed by atoms with Gasteiger partial charge in [0, 0.05) is 6.20 Å². The van der Waals surface area contributed by atoms with Crippen molar-refractivity contribution in [1.82, 2.24) is 15.0 Å². The molecular formula is C5H9N3O. The van der Waals surface area contributed by atoms with Gasteiger partial charge in [0.15, 0.2) is 0 Å². The van der Waals surface area contributed by atoms with Crippen molar-refractivity contribution in [3.05, 3.63) is 12.4 Å². The van der Waals surface area contributed by atoms with Crippen molar-refractivity contribution in [2.24, 2.45) is 0 Å². The van der Waals surface area contributed by atoms with Gasteiger partial charge in [-0.1, -0.05) is 5.21 Å². The highest BCUT2D eigenvalue weighted by Gasteiger charge is 1.95. The molecule has 9 heavy (non-hydrogen) atoms. The first-order valence-corrected chi connectivity index (χ1v) is 2.81. The lowest BCUT2D eigenvalue weighted by atomic mass is 10.4. The third-order valence-electron chi connectivity index (χ3n) is 0.923. The van der Waals surface area contributed by atoms with Crippen LogP contribution in [0.25, 0.3) is 0 Å². The highest BCUT2D eigenvalue weighted by Crippen LogP contribution is 1.85. The Labute approximate surface area is 53.1 Å². The van der Waals surface area contributed by atoms with Gasteiger partial charge in [-0.05, 0) is 6.92 Å². The van der Waals surface area contributed by atoms with Crippen LogP contribution < -0.4 is 0 Å². The molecule has 0 saturated carbocycles. The maximum Gasteiger partial charge on any atom is 0.0708 e. The van der Waals surface area contributed by atoms with Crippen LogP contribution in [0.5, 0.6) is 0 Å². The minimum absolute atomic E-state index is 0.355. The molecular weight excluding hydrogens is 118 g/mol. The predicted octanol–water partition coefficient (Wildman–Crippen LogP) is -0.341. The van der Waals surface area contributed by atoms with Crippen LogP contribution in [0.1, 0.15) is 6.92 Å². The summed E-state index contributed by atoms with van der Waals surface area (Å²) in [6.45, 7) is 2.22.